The van der Waals surface area contributed by atoms with Crippen LogP contribution < -0.4 is 15.9 Å². The molecule has 0 saturated heterocycles. The topological polar surface area (TPSA) is 95.1 Å². The molecule has 0 aliphatic rings. The number of nitrogens with zero attached hydrogens (tertiary/aromatic N) is 3. The minimum atomic E-state index is -0.265. The Balaban J connectivity index is 1.61. The zero-order valence-electron chi connectivity index (χ0n) is 15.7. The Labute approximate surface area is 182 Å². The van der Waals surface area contributed by atoms with Gasteiger partial charge >= 0.3 is 0 Å². The summed E-state index contributed by atoms with van der Waals surface area (Å²) < 4.78 is 6.51. The van der Waals surface area contributed by atoms with Gasteiger partial charge in [0.25, 0.3) is 0 Å². The number of nitrogens with one attached hydrogen (secondary N) is 1. The Bertz CT molecular complexity index is 1010. The molecule has 0 saturated carbocycles. The number of amides is 1. The maximum absolute atomic E-state index is 12.3. The Morgan fingerprint density at radius 2 is 1.97 bits per heavy atom. The van der Waals surface area contributed by atoms with Crippen LogP contribution in [0.4, 0.5) is 0 Å². The normalized spacial score (nSPS) is 11.9. The van der Waals surface area contributed by atoms with Crippen molar-refractivity contribution in [1.82, 2.24) is 20.2 Å². The highest BCUT2D eigenvalue weighted by Crippen LogP contribution is 2.27. The van der Waals surface area contributed by atoms with Crippen LogP contribution in [0.3, 0.4) is 0 Å². The van der Waals surface area contributed by atoms with Crippen LogP contribution in [0, 0.1) is 0 Å². The van der Waals surface area contributed by atoms with Crippen molar-refractivity contribution in [3.05, 3.63) is 58.1 Å². The molecule has 152 valence electrons. The smallest absolute Gasteiger partial charge is 0.230 e. The number of carbonyl (C=O) groups excluding carboxylic acids is 1. The fraction of sp³-hybridized carbons (Fsp3) is 0.211. The number of nitrogen functional groups attached to an aromatic ring is 1. The second-order valence-corrected chi connectivity index (χ2v) is 7.93. The molecule has 3 rings (SSSR count). The minimum Gasteiger partial charge on any atom is -0.497 e. The second kappa shape index (κ2) is 9.39. The molecule has 10 heteroatoms. The number of hydrogen-bond donors (Lipinski definition) is 2. The Morgan fingerprint density at radius 1 is 1.24 bits per heavy atom. The molecule has 0 spiro atoms. The first-order chi connectivity index (χ1) is 13.9. The lowest BCUT2D eigenvalue weighted by molar-refractivity contribution is -0.119. The van der Waals surface area contributed by atoms with Gasteiger partial charge in [0.05, 0.1) is 18.9 Å². The van der Waals surface area contributed by atoms with Gasteiger partial charge in [-0.15, -0.1) is 10.2 Å². The van der Waals surface area contributed by atoms with E-state index in [2.05, 4.69) is 15.5 Å². The van der Waals surface area contributed by atoms with Crippen LogP contribution >= 0.6 is 35.0 Å². The average Bonchev–Trinajstić information content (AvgIpc) is 3.06. The van der Waals surface area contributed by atoms with Gasteiger partial charge in [0, 0.05) is 15.6 Å². The Morgan fingerprint density at radius 3 is 2.62 bits per heavy atom. The van der Waals surface area contributed by atoms with E-state index in [9.17, 15) is 4.79 Å². The van der Waals surface area contributed by atoms with Gasteiger partial charge in [-0.25, -0.2) is 4.68 Å². The minimum absolute atomic E-state index is 0.132. The van der Waals surface area contributed by atoms with Crippen molar-refractivity contribution in [2.24, 2.45) is 0 Å². The molecule has 29 heavy (non-hydrogen) atoms. The lowest BCUT2D eigenvalue weighted by Gasteiger charge is -2.15. The van der Waals surface area contributed by atoms with Gasteiger partial charge in [0.15, 0.2) is 5.82 Å². The number of rotatable bonds is 7. The van der Waals surface area contributed by atoms with Crippen molar-refractivity contribution in [2.75, 3.05) is 18.7 Å². The molecule has 7 nitrogen and oxygen atoms in total. The van der Waals surface area contributed by atoms with Crippen LogP contribution in [0.15, 0.2) is 47.6 Å². The summed E-state index contributed by atoms with van der Waals surface area (Å²) in [6, 6.07) is 12.2. The third-order valence-corrected chi connectivity index (χ3v) is 5.66. The molecule has 0 unspecified atom stereocenters. The van der Waals surface area contributed by atoms with Crippen molar-refractivity contribution in [3.63, 3.8) is 0 Å². The molecular weight excluding hydrogens is 433 g/mol. The number of hydrogen-bond acceptors (Lipinski definition) is 6. The number of thioether (sulfide) groups is 1. The lowest BCUT2D eigenvalue weighted by atomic mass is 10.1. The van der Waals surface area contributed by atoms with Crippen molar-refractivity contribution < 1.29 is 9.53 Å². The van der Waals surface area contributed by atoms with E-state index in [4.69, 9.17) is 33.8 Å². The van der Waals surface area contributed by atoms with Gasteiger partial charge in [-0.05, 0) is 48.9 Å². The lowest BCUT2D eigenvalue weighted by Crippen LogP contribution is -2.28. The SMILES string of the molecule is COc1ccc(-c2nnc(SCC(=O)N[C@@H](C)c3ccc(Cl)cc3Cl)n2N)cc1. The molecule has 1 heterocycles. The largest absolute Gasteiger partial charge is 0.497 e. The van der Waals surface area contributed by atoms with Crippen LogP contribution in [0.5, 0.6) is 5.75 Å². The van der Waals surface area contributed by atoms with E-state index in [1.165, 1.54) is 16.4 Å². The molecular formula is C19H19Cl2N5O2S. The molecule has 0 bridgehead atoms. The van der Waals surface area contributed by atoms with Crippen LogP contribution in [0.1, 0.15) is 18.5 Å². The molecule has 3 N–H and O–H groups in total. The Hall–Kier alpha value is -2.42. The van der Waals surface area contributed by atoms with E-state index >= 15 is 0 Å². The van der Waals surface area contributed by atoms with Crippen LogP contribution in [0.25, 0.3) is 11.4 Å². The second-order valence-electron chi connectivity index (χ2n) is 6.15. The predicted molar refractivity (Wildman–Crippen MR) is 116 cm³/mol. The zero-order valence-corrected chi connectivity index (χ0v) is 18.1. The van der Waals surface area contributed by atoms with Crippen LogP contribution in [-0.2, 0) is 4.79 Å². The van der Waals surface area contributed by atoms with E-state index < -0.39 is 0 Å². The van der Waals surface area contributed by atoms with Crippen LogP contribution in [0.2, 0.25) is 10.0 Å². The van der Waals surface area contributed by atoms with Crippen molar-refractivity contribution in [2.45, 2.75) is 18.1 Å². The third-order valence-electron chi connectivity index (χ3n) is 4.15. The Kier molecular flexibility index (Phi) is 6.89. The predicted octanol–water partition coefficient (Wildman–Crippen LogP) is 3.94. The highest BCUT2D eigenvalue weighted by atomic mass is 35.5. The van der Waals surface area contributed by atoms with Crippen LogP contribution in [-0.4, -0.2) is 33.6 Å². The molecule has 3 aromatic rings. The molecule has 2 aromatic carbocycles. The monoisotopic (exact) mass is 451 g/mol. The van der Waals surface area contributed by atoms with Gasteiger partial charge in [-0.2, -0.15) is 0 Å². The van der Waals surface area contributed by atoms with E-state index in [-0.39, 0.29) is 17.7 Å². The molecule has 0 fully saturated rings. The summed E-state index contributed by atoms with van der Waals surface area (Å²) in [5.41, 5.74) is 1.58. The quantitative estimate of drug-likeness (QED) is 0.417. The molecule has 1 amide bonds. The summed E-state index contributed by atoms with van der Waals surface area (Å²) >= 11 is 13.3. The fourth-order valence-electron chi connectivity index (χ4n) is 2.66. The number of nitrogens with two attached hydrogens (primary N) is 1. The number of ether oxygens (including phenoxy) is 1. The van der Waals surface area contributed by atoms with Gasteiger partial charge in [-0.1, -0.05) is 41.0 Å². The van der Waals surface area contributed by atoms with Gasteiger partial charge in [-0.3, -0.25) is 4.79 Å². The molecule has 0 aliphatic carbocycles. The highest BCUT2D eigenvalue weighted by molar-refractivity contribution is 7.99. The number of benzene rings is 2. The number of methoxy groups -OCH3 is 1. The molecule has 0 aliphatic heterocycles. The van der Waals surface area contributed by atoms with Crippen molar-refractivity contribution >= 4 is 40.9 Å². The summed E-state index contributed by atoms with van der Waals surface area (Å²) in [4.78, 5) is 12.3. The van der Waals surface area contributed by atoms with E-state index in [0.717, 1.165) is 16.9 Å². The highest BCUT2D eigenvalue weighted by Gasteiger charge is 2.16. The van der Waals surface area contributed by atoms with Crippen molar-refractivity contribution in [1.29, 1.82) is 0 Å². The maximum Gasteiger partial charge on any atom is 0.230 e. The number of halogens is 2. The third kappa shape index (κ3) is 5.14. The molecule has 1 atom stereocenters. The summed E-state index contributed by atoms with van der Waals surface area (Å²) in [6.45, 7) is 1.85. The summed E-state index contributed by atoms with van der Waals surface area (Å²) in [5.74, 6) is 7.28. The molecule has 1 aromatic heterocycles. The first-order valence-electron chi connectivity index (χ1n) is 8.61. The summed E-state index contributed by atoms with van der Waals surface area (Å²) in [5, 5.41) is 12.6. The molecule has 0 radical (unpaired) electrons. The maximum atomic E-state index is 12.3. The fourth-order valence-corrected chi connectivity index (χ4v) is 3.90. The van der Waals surface area contributed by atoms with Crippen molar-refractivity contribution in [3.8, 4) is 17.1 Å². The number of carbonyl (C=O) groups is 1. The summed E-state index contributed by atoms with van der Waals surface area (Å²) in [6.07, 6.45) is 0. The van der Waals surface area contributed by atoms with E-state index in [0.29, 0.717) is 21.0 Å². The average molecular weight is 452 g/mol. The van der Waals surface area contributed by atoms with E-state index in [1.54, 1.807) is 25.3 Å². The standard InChI is InChI=1S/C19H19Cl2N5O2S/c1-11(15-8-5-13(20)9-16(15)21)23-17(27)10-29-19-25-24-18(26(19)22)12-3-6-14(28-2)7-4-12/h3-9,11H,10,22H2,1-2H3,(H,23,27)/t11-/m0/s1. The van der Waals surface area contributed by atoms with E-state index in [1.807, 2.05) is 31.2 Å². The first-order valence-corrected chi connectivity index (χ1v) is 10.3. The van der Waals surface area contributed by atoms with Gasteiger partial charge in [0.1, 0.15) is 5.75 Å². The first kappa shape index (κ1) is 21.3. The van der Waals surface area contributed by atoms with Gasteiger partial charge in [0.2, 0.25) is 11.1 Å². The number of aromatic nitrogens is 3. The van der Waals surface area contributed by atoms with Gasteiger partial charge < -0.3 is 15.9 Å². The zero-order chi connectivity index (χ0) is 21.0. The summed E-state index contributed by atoms with van der Waals surface area (Å²) in [7, 11) is 1.60.